The fourth-order valence-electron chi connectivity index (χ4n) is 2.50. The van der Waals surface area contributed by atoms with Crippen LogP contribution in [0.1, 0.15) is 5.56 Å². The van der Waals surface area contributed by atoms with E-state index in [1.807, 2.05) is 18.2 Å². The van der Waals surface area contributed by atoms with Gasteiger partial charge in [0, 0.05) is 31.4 Å². The summed E-state index contributed by atoms with van der Waals surface area (Å²) in [6, 6.07) is 14.4. The van der Waals surface area contributed by atoms with Crippen LogP contribution >= 0.6 is 32.9 Å². The zero-order valence-electron chi connectivity index (χ0n) is 14.4. The van der Waals surface area contributed by atoms with Crippen molar-refractivity contribution in [3.63, 3.8) is 0 Å². The lowest BCUT2D eigenvalue weighted by atomic mass is 10.2. The highest BCUT2D eigenvalue weighted by atomic mass is 33.1. The molecule has 0 N–H and O–H groups in total. The summed E-state index contributed by atoms with van der Waals surface area (Å²) in [5.74, 6) is 0. The molecule has 0 aliphatic rings. The molecule has 0 bridgehead atoms. The van der Waals surface area contributed by atoms with E-state index in [-0.39, 0.29) is 0 Å². The minimum Gasteiger partial charge on any atom is -0.373 e. The Morgan fingerprint density at radius 2 is 1.68 bits per heavy atom. The Morgan fingerprint density at radius 1 is 0.960 bits per heavy atom. The molecule has 0 fully saturated rings. The van der Waals surface area contributed by atoms with Gasteiger partial charge in [-0.1, -0.05) is 40.6 Å². The van der Waals surface area contributed by atoms with Crippen LogP contribution in [0.5, 0.6) is 0 Å². The molecular weight excluding hydrogens is 390 g/mol. The Bertz CT molecular complexity index is 826. The molecule has 2 aromatic carbocycles. The monoisotopic (exact) mass is 409 g/mol. The molecule has 0 saturated heterocycles. The molecule has 0 radical (unpaired) electrons. The summed E-state index contributed by atoms with van der Waals surface area (Å²) >= 11 is 1.70. The van der Waals surface area contributed by atoms with Gasteiger partial charge >= 0.3 is 8.80 Å². The van der Waals surface area contributed by atoms with Crippen molar-refractivity contribution in [3.8, 4) is 0 Å². The van der Waals surface area contributed by atoms with Crippen molar-refractivity contribution in [2.24, 2.45) is 0 Å². The van der Waals surface area contributed by atoms with Crippen LogP contribution in [0.4, 0.5) is 0 Å². The van der Waals surface area contributed by atoms with Gasteiger partial charge in [-0.3, -0.25) is 0 Å². The summed E-state index contributed by atoms with van der Waals surface area (Å²) in [5, 5.41) is 0.985. The van der Waals surface area contributed by atoms with Crippen molar-refractivity contribution < 1.29 is 13.3 Å². The zero-order valence-corrected chi connectivity index (χ0v) is 17.9. The van der Waals surface area contributed by atoms with Crippen LogP contribution in [-0.2, 0) is 13.3 Å². The van der Waals surface area contributed by atoms with Gasteiger partial charge in [0.25, 0.3) is 0 Å². The summed E-state index contributed by atoms with van der Waals surface area (Å²) < 4.78 is 19.3. The Kier molecular flexibility index (Phi) is 6.21. The summed E-state index contributed by atoms with van der Waals surface area (Å²) in [5.41, 5.74) is 2.18. The van der Waals surface area contributed by atoms with Gasteiger partial charge in [0.15, 0.2) is 4.34 Å². The van der Waals surface area contributed by atoms with Crippen LogP contribution in [0, 0.1) is 6.92 Å². The minimum atomic E-state index is -2.89. The predicted octanol–water partition coefficient (Wildman–Crippen LogP) is 4.49. The molecule has 0 amide bonds. The van der Waals surface area contributed by atoms with E-state index in [1.54, 1.807) is 54.3 Å². The maximum absolute atomic E-state index is 5.68. The lowest BCUT2D eigenvalue weighted by molar-refractivity contribution is 0.140. The van der Waals surface area contributed by atoms with Crippen LogP contribution in [0.15, 0.2) is 51.7 Å². The van der Waals surface area contributed by atoms with Crippen LogP contribution < -0.4 is 5.19 Å². The summed E-state index contributed by atoms with van der Waals surface area (Å²) in [4.78, 5) is 5.75. The highest BCUT2D eigenvalue weighted by molar-refractivity contribution is 8.77. The average Bonchev–Trinajstić information content (AvgIpc) is 3.06. The first kappa shape index (κ1) is 18.9. The molecule has 0 unspecified atom stereocenters. The van der Waals surface area contributed by atoms with E-state index in [2.05, 4.69) is 36.2 Å². The molecule has 0 saturated carbocycles. The van der Waals surface area contributed by atoms with E-state index in [0.717, 1.165) is 25.5 Å². The smallest absolute Gasteiger partial charge is 0.373 e. The van der Waals surface area contributed by atoms with Crippen LogP contribution in [-0.4, -0.2) is 35.1 Å². The molecule has 0 spiro atoms. The predicted molar refractivity (Wildman–Crippen MR) is 109 cm³/mol. The third kappa shape index (κ3) is 3.95. The molecule has 0 aliphatic carbocycles. The van der Waals surface area contributed by atoms with Crippen LogP contribution in [0.25, 0.3) is 10.2 Å². The molecule has 4 nitrogen and oxygen atoms in total. The van der Waals surface area contributed by atoms with E-state index >= 15 is 0 Å². The lowest BCUT2D eigenvalue weighted by Gasteiger charge is -2.26. The van der Waals surface area contributed by atoms with Gasteiger partial charge in [-0.05, 0) is 35.9 Å². The van der Waals surface area contributed by atoms with Crippen molar-refractivity contribution in [3.05, 3.63) is 48.0 Å². The first-order valence-corrected chi connectivity index (χ1v) is 12.3. The molecule has 3 rings (SSSR count). The van der Waals surface area contributed by atoms with E-state index in [0.29, 0.717) is 0 Å². The Labute approximate surface area is 160 Å². The molecule has 25 heavy (non-hydrogen) atoms. The second-order valence-corrected chi connectivity index (χ2v) is 11.6. The third-order valence-corrected chi connectivity index (χ3v) is 10.4. The molecule has 1 aromatic heterocycles. The van der Waals surface area contributed by atoms with Crippen molar-refractivity contribution >= 4 is 57.1 Å². The topological polar surface area (TPSA) is 40.6 Å². The van der Waals surface area contributed by atoms with Crippen LogP contribution in [0.2, 0.25) is 0 Å². The molecule has 3 aromatic rings. The number of nitrogens with zero attached hydrogens (tertiary/aromatic N) is 1. The molecule has 0 aliphatic heterocycles. The second-order valence-electron chi connectivity index (χ2n) is 5.28. The Balaban J connectivity index is 1.89. The maximum atomic E-state index is 5.68. The number of thiazole rings is 1. The van der Waals surface area contributed by atoms with E-state index in [1.165, 1.54) is 4.70 Å². The van der Waals surface area contributed by atoms with E-state index in [9.17, 15) is 0 Å². The fourth-order valence-corrected chi connectivity index (χ4v) is 8.52. The zero-order chi connectivity index (χ0) is 17.9. The number of hydrogen-bond acceptors (Lipinski definition) is 7. The number of aryl methyl sites for hydroxylation is 1. The highest BCUT2D eigenvalue weighted by Crippen LogP contribution is 2.41. The Morgan fingerprint density at radius 3 is 2.36 bits per heavy atom. The van der Waals surface area contributed by atoms with Crippen LogP contribution in [0.3, 0.4) is 0 Å². The van der Waals surface area contributed by atoms with Gasteiger partial charge in [0.1, 0.15) is 0 Å². The number of fused-ring (bicyclic) bond motifs is 1. The standard InChI is InChI=1S/C17H19NO3S3Si/c1-12-9-10-15(16(11-12)25(19-2,20-3)21-4)23-24-17-18-13-7-5-6-8-14(13)22-17/h5-11H,1-4H3. The largest absolute Gasteiger partial charge is 0.537 e. The quantitative estimate of drug-likeness (QED) is 0.423. The van der Waals surface area contributed by atoms with Gasteiger partial charge in [0.2, 0.25) is 0 Å². The normalized spacial score (nSPS) is 12.0. The number of hydrogen-bond donors (Lipinski definition) is 0. The molecular formula is C17H19NO3S3Si. The fraction of sp³-hybridized carbons (Fsp3) is 0.235. The third-order valence-electron chi connectivity index (χ3n) is 3.75. The van der Waals surface area contributed by atoms with Gasteiger partial charge in [-0.25, -0.2) is 4.98 Å². The molecule has 0 atom stereocenters. The summed E-state index contributed by atoms with van der Waals surface area (Å²) in [7, 11) is 5.32. The number of aromatic nitrogens is 1. The highest BCUT2D eigenvalue weighted by Gasteiger charge is 2.43. The second kappa shape index (κ2) is 8.21. The molecule has 8 heteroatoms. The van der Waals surface area contributed by atoms with Crippen molar-refractivity contribution in [1.29, 1.82) is 0 Å². The minimum absolute atomic E-state index is 0.985. The average molecular weight is 410 g/mol. The summed E-state index contributed by atoms with van der Waals surface area (Å²) in [6.45, 7) is 2.05. The van der Waals surface area contributed by atoms with Crippen molar-refractivity contribution in [2.45, 2.75) is 16.2 Å². The van der Waals surface area contributed by atoms with Gasteiger partial charge in [0.05, 0.1) is 10.2 Å². The SMILES string of the molecule is CO[Si](OC)(OC)c1cc(C)ccc1SSc1nc2ccccc2s1. The van der Waals surface area contributed by atoms with Crippen molar-refractivity contribution in [1.82, 2.24) is 4.98 Å². The van der Waals surface area contributed by atoms with Gasteiger partial charge in [-0.15, -0.1) is 11.3 Å². The van der Waals surface area contributed by atoms with Gasteiger partial charge < -0.3 is 13.3 Å². The first-order chi connectivity index (χ1) is 12.1. The first-order valence-electron chi connectivity index (χ1n) is 7.58. The molecule has 1 heterocycles. The van der Waals surface area contributed by atoms with Crippen molar-refractivity contribution in [2.75, 3.05) is 21.3 Å². The molecule has 132 valence electrons. The Hall–Kier alpha value is -0.873. The maximum Gasteiger partial charge on any atom is 0.537 e. The number of benzene rings is 2. The number of para-hydroxylation sites is 1. The lowest BCUT2D eigenvalue weighted by Crippen LogP contribution is -2.55. The number of rotatable bonds is 7. The van der Waals surface area contributed by atoms with Gasteiger partial charge in [-0.2, -0.15) is 0 Å². The summed E-state index contributed by atoms with van der Waals surface area (Å²) in [6.07, 6.45) is 0. The van der Waals surface area contributed by atoms with E-state index in [4.69, 9.17) is 13.3 Å². The van der Waals surface area contributed by atoms with E-state index < -0.39 is 8.80 Å².